The molecule has 1 aromatic heterocycles. The molecule has 0 aliphatic rings. The maximum absolute atomic E-state index is 12.7. The van der Waals surface area contributed by atoms with Crippen molar-refractivity contribution in [1.82, 2.24) is 0 Å². The van der Waals surface area contributed by atoms with Crippen molar-refractivity contribution in [3.05, 3.63) is 87.1 Å². The van der Waals surface area contributed by atoms with E-state index in [1.807, 2.05) is 22.9 Å². The van der Waals surface area contributed by atoms with Crippen LogP contribution in [-0.4, -0.2) is 23.4 Å². The molecule has 0 atom stereocenters. The van der Waals surface area contributed by atoms with Crippen molar-refractivity contribution < 1.29 is 32.6 Å². The molecule has 0 spiro atoms. The molecule has 0 saturated carbocycles. The van der Waals surface area contributed by atoms with Crippen LogP contribution >= 0.6 is 11.3 Å². The van der Waals surface area contributed by atoms with E-state index in [9.17, 15) is 18.0 Å². The van der Waals surface area contributed by atoms with Crippen LogP contribution in [0.2, 0.25) is 0 Å². The molecule has 0 unspecified atom stereocenters. The van der Waals surface area contributed by atoms with Crippen molar-refractivity contribution in [2.24, 2.45) is 5.16 Å². The third kappa shape index (κ3) is 6.58. The fourth-order valence-electron chi connectivity index (χ4n) is 2.88. The van der Waals surface area contributed by atoms with Crippen molar-refractivity contribution in [3.63, 3.8) is 0 Å². The van der Waals surface area contributed by atoms with Gasteiger partial charge in [-0.2, -0.15) is 24.5 Å². The maximum atomic E-state index is 12.7. The summed E-state index contributed by atoms with van der Waals surface area (Å²) >= 11 is 1.55. The van der Waals surface area contributed by atoms with Gasteiger partial charge >= 0.3 is 12.1 Å². The number of benzene rings is 2. The number of nitrogens with zero attached hydrogens (tertiary/aromatic N) is 1. The lowest BCUT2D eigenvalue weighted by atomic mass is 10.0. The zero-order valence-electron chi connectivity index (χ0n) is 17.1. The molecule has 2 aromatic carbocycles. The zero-order valence-corrected chi connectivity index (χ0v) is 17.9. The number of halogens is 3. The monoisotopic (exact) mass is 463 g/mol. The Kier molecular flexibility index (Phi) is 7.53. The minimum atomic E-state index is -4.39. The van der Waals surface area contributed by atoms with E-state index in [2.05, 4.69) is 5.16 Å². The third-order valence-corrected chi connectivity index (χ3v) is 5.23. The van der Waals surface area contributed by atoms with Gasteiger partial charge in [0, 0.05) is 12.0 Å². The minimum absolute atomic E-state index is 0.0179. The summed E-state index contributed by atoms with van der Waals surface area (Å²) in [7, 11) is 0. The number of thiophene rings is 1. The molecule has 168 valence electrons. The highest BCUT2D eigenvalue weighted by atomic mass is 32.1. The summed E-state index contributed by atoms with van der Waals surface area (Å²) in [6, 6.07) is 12.0. The smallest absolute Gasteiger partial charge is 0.416 e. The predicted octanol–water partition coefficient (Wildman–Crippen LogP) is 5.70. The molecule has 1 N–H and O–H groups in total. The van der Waals surface area contributed by atoms with Crippen molar-refractivity contribution in [1.29, 1.82) is 0 Å². The summed E-state index contributed by atoms with van der Waals surface area (Å²) in [6.45, 7) is 1.38. The molecule has 0 radical (unpaired) electrons. The summed E-state index contributed by atoms with van der Waals surface area (Å²) in [5.41, 5.74) is 3.01. The standard InChI is InChI=1S/C23H20F3NO4S/c1-15-10-18(4-7-21(15)30-13-22(28)29)20(11-17-8-9-32-14-17)27-31-12-16-2-5-19(6-3-16)23(24,25)26/h2-10,14H,11-13H2,1H3,(H,28,29)/b27-20+. The van der Waals surface area contributed by atoms with Crippen LogP contribution in [0.25, 0.3) is 0 Å². The van der Waals surface area contributed by atoms with Crippen LogP contribution in [0.5, 0.6) is 5.75 Å². The van der Waals surface area contributed by atoms with Gasteiger partial charge in [-0.1, -0.05) is 17.3 Å². The molecule has 0 aliphatic heterocycles. The van der Waals surface area contributed by atoms with Gasteiger partial charge in [-0.15, -0.1) is 0 Å². The zero-order chi connectivity index (χ0) is 23.1. The van der Waals surface area contributed by atoms with Crippen molar-refractivity contribution >= 4 is 23.0 Å². The van der Waals surface area contributed by atoms with Crippen molar-refractivity contribution in [2.45, 2.75) is 26.1 Å². The number of oxime groups is 1. The Hall–Kier alpha value is -3.33. The van der Waals surface area contributed by atoms with Gasteiger partial charge in [-0.25, -0.2) is 4.79 Å². The summed E-state index contributed by atoms with van der Waals surface area (Å²) < 4.78 is 43.4. The van der Waals surface area contributed by atoms with Crippen LogP contribution in [0, 0.1) is 6.92 Å². The number of alkyl halides is 3. The molecule has 3 rings (SSSR count). The molecule has 0 fully saturated rings. The Labute approximate surface area is 186 Å². The summed E-state index contributed by atoms with van der Waals surface area (Å²) in [6.07, 6.45) is -3.89. The van der Waals surface area contributed by atoms with Crippen LogP contribution in [0.15, 0.2) is 64.4 Å². The number of hydrogen-bond donors (Lipinski definition) is 1. The molecule has 9 heteroatoms. The van der Waals surface area contributed by atoms with E-state index in [1.54, 1.807) is 30.4 Å². The Morgan fingerprint density at radius 1 is 1.09 bits per heavy atom. The number of ether oxygens (including phenoxy) is 1. The second-order valence-corrected chi connectivity index (χ2v) is 7.76. The van der Waals surface area contributed by atoms with E-state index in [1.165, 1.54) is 12.1 Å². The Morgan fingerprint density at radius 2 is 1.84 bits per heavy atom. The average Bonchev–Trinajstić information content (AvgIpc) is 3.25. The van der Waals surface area contributed by atoms with Crippen molar-refractivity contribution in [3.8, 4) is 5.75 Å². The van der Waals surface area contributed by atoms with Gasteiger partial charge in [0.05, 0.1) is 11.3 Å². The molecular formula is C23H20F3NO4S. The van der Waals surface area contributed by atoms with Gasteiger partial charge < -0.3 is 14.7 Å². The first-order chi connectivity index (χ1) is 15.2. The van der Waals surface area contributed by atoms with Crippen LogP contribution in [0.3, 0.4) is 0 Å². The molecule has 0 bridgehead atoms. The predicted molar refractivity (Wildman–Crippen MR) is 115 cm³/mol. The number of aryl methyl sites for hydroxylation is 1. The number of aliphatic carboxylic acids is 1. The average molecular weight is 463 g/mol. The first kappa shape index (κ1) is 23.3. The van der Waals surface area contributed by atoms with E-state index in [4.69, 9.17) is 14.7 Å². The summed E-state index contributed by atoms with van der Waals surface area (Å²) in [5, 5.41) is 17.0. The Bertz CT molecular complexity index is 1080. The lowest BCUT2D eigenvalue weighted by molar-refractivity contribution is -0.139. The molecule has 0 amide bonds. The lowest BCUT2D eigenvalue weighted by Crippen LogP contribution is -2.11. The number of carbonyl (C=O) groups is 1. The number of carboxylic acids is 1. The molecule has 32 heavy (non-hydrogen) atoms. The first-order valence-electron chi connectivity index (χ1n) is 9.54. The molecular weight excluding hydrogens is 443 g/mol. The second kappa shape index (κ2) is 10.3. The van der Waals surface area contributed by atoms with Crippen LogP contribution in [-0.2, 0) is 28.8 Å². The number of rotatable bonds is 9. The summed E-state index contributed by atoms with van der Waals surface area (Å²) in [4.78, 5) is 16.2. The molecule has 3 aromatic rings. The lowest BCUT2D eigenvalue weighted by Gasteiger charge is -2.11. The van der Waals surface area contributed by atoms with Crippen molar-refractivity contribution in [2.75, 3.05) is 6.61 Å². The highest BCUT2D eigenvalue weighted by Crippen LogP contribution is 2.29. The van der Waals surface area contributed by atoms with Gasteiger partial charge in [0.25, 0.3) is 0 Å². The van der Waals surface area contributed by atoms with Crippen LogP contribution in [0.1, 0.15) is 27.8 Å². The third-order valence-electron chi connectivity index (χ3n) is 4.50. The Balaban J connectivity index is 1.76. The highest BCUT2D eigenvalue weighted by molar-refractivity contribution is 7.08. The highest BCUT2D eigenvalue weighted by Gasteiger charge is 2.29. The van der Waals surface area contributed by atoms with Crippen LogP contribution in [0.4, 0.5) is 13.2 Å². The topological polar surface area (TPSA) is 68.1 Å². The Morgan fingerprint density at radius 3 is 2.44 bits per heavy atom. The van der Waals surface area contributed by atoms with Gasteiger partial charge in [0.15, 0.2) is 6.61 Å². The van der Waals surface area contributed by atoms with E-state index in [-0.39, 0.29) is 6.61 Å². The van der Waals surface area contributed by atoms with Gasteiger partial charge in [-0.3, -0.25) is 0 Å². The molecule has 1 heterocycles. The van der Waals surface area contributed by atoms with Gasteiger partial charge in [0.1, 0.15) is 12.4 Å². The molecule has 5 nitrogen and oxygen atoms in total. The number of hydrogen-bond acceptors (Lipinski definition) is 5. The quantitative estimate of drug-likeness (QED) is 0.326. The van der Waals surface area contributed by atoms with E-state index < -0.39 is 24.3 Å². The molecule has 0 saturated heterocycles. The first-order valence-corrected chi connectivity index (χ1v) is 10.5. The van der Waals surface area contributed by atoms with Gasteiger partial charge in [0.2, 0.25) is 0 Å². The fourth-order valence-corrected chi connectivity index (χ4v) is 3.55. The SMILES string of the molecule is Cc1cc(/C(Cc2ccsc2)=N/OCc2ccc(C(F)(F)F)cc2)ccc1OCC(=O)O. The van der Waals surface area contributed by atoms with Crippen LogP contribution < -0.4 is 4.74 Å². The maximum Gasteiger partial charge on any atom is 0.416 e. The largest absolute Gasteiger partial charge is 0.482 e. The van der Waals surface area contributed by atoms with E-state index in [0.717, 1.165) is 28.8 Å². The summed E-state index contributed by atoms with van der Waals surface area (Å²) in [5.74, 6) is -0.610. The fraction of sp³-hybridized carbons (Fsp3) is 0.217. The molecule has 0 aliphatic carbocycles. The minimum Gasteiger partial charge on any atom is -0.482 e. The van der Waals surface area contributed by atoms with Gasteiger partial charge in [-0.05, 0) is 70.8 Å². The van der Waals surface area contributed by atoms with E-state index >= 15 is 0 Å². The van der Waals surface area contributed by atoms with E-state index in [0.29, 0.717) is 23.4 Å². The normalized spacial score (nSPS) is 11.9. The number of carboxylic acid groups (broad SMARTS) is 1. The second-order valence-electron chi connectivity index (χ2n) is 6.98.